The van der Waals surface area contributed by atoms with Crippen molar-refractivity contribution < 1.29 is 4.79 Å². The zero-order chi connectivity index (χ0) is 16.9. The topological polar surface area (TPSA) is 72.7 Å². The number of carbonyl (C=O) groups excluding carboxylic acids is 1. The van der Waals surface area contributed by atoms with Gasteiger partial charge in [-0.3, -0.25) is 4.79 Å². The minimum Gasteiger partial charge on any atom is -0.350 e. The molecule has 2 aromatic heterocycles. The lowest BCUT2D eigenvalue weighted by atomic mass is 10.2. The van der Waals surface area contributed by atoms with Crippen molar-refractivity contribution in [1.29, 1.82) is 0 Å². The third-order valence-electron chi connectivity index (χ3n) is 3.24. The van der Waals surface area contributed by atoms with E-state index in [1.165, 1.54) is 0 Å². The Balaban J connectivity index is 1.63. The van der Waals surface area contributed by atoms with Crippen molar-refractivity contribution in [3.8, 4) is 11.6 Å². The molecule has 1 amide bonds. The maximum Gasteiger partial charge on any atom is 0.251 e. The molecule has 0 radical (unpaired) electrons. The molecule has 2 heterocycles. The molecular formula is C16H13Cl2N5O. The molecule has 1 N–H and O–H groups in total. The molecule has 3 aromatic rings. The van der Waals surface area contributed by atoms with Crippen LogP contribution >= 0.6 is 23.2 Å². The molecule has 0 aliphatic rings. The number of aromatic nitrogens is 4. The van der Waals surface area contributed by atoms with Crippen LogP contribution in [0.25, 0.3) is 11.6 Å². The fraction of sp³-hybridized carbons (Fsp3) is 0.125. The second-order valence-electron chi connectivity index (χ2n) is 4.93. The lowest BCUT2D eigenvalue weighted by molar-refractivity contribution is 0.0952. The molecule has 0 atom stereocenters. The summed E-state index contributed by atoms with van der Waals surface area (Å²) in [5.41, 5.74) is 0.421. The molecule has 3 rings (SSSR count). The molecule has 0 saturated carbocycles. The molecule has 0 fully saturated rings. The third-order valence-corrected chi connectivity index (χ3v) is 3.68. The summed E-state index contributed by atoms with van der Waals surface area (Å²) in [4.78, 5) is 24.8. The Kier molecular flexibility index (Phi) is 5.08. The number of hydrogen-bond acceptors (Lipinski definition) is 4. The molecular weight excluding hydrogens is 349 g/mol. The molecule has 8 heteroatoms. The quantitative estimate of drug-likeness (QED) is 0.757. The number of amides is 1. The average molecular weight is 362 g/mol. The first kappa shape index (κ1) is 16.4. The first-order valence-electron chi connectivity index (χ1n) is 7.16. The van der Waals surface area contributed by atoms with Crippen LogP contribution in [0.1, 0.15) is 10.4 Å². The van der Waals surface area contributed by atoms with Gasteiger partial charge in [0.2, 0.25) is 0 Å². The van der Waals surface area contributed by atoms with Gasteiger partial charge in [0.05, 0.1) is 0 Å². The highest BCUT2D eigenvalue weighted by atomic mass is 35.5. The van der Waals surface area contributed by atoms with E-state index in [-0.39, 0.29) is 5.91 Å². The van der Waals surface area contributed by atoms with E-state index in [4.69, 9.17) is 23.2 Å². The third kappa shape index (κ3) is 3.90. The largest absolute Gasteiger partial charge is 0.350 e. The predicted molar refractivity (Wildman–Crippen MR) is 92.0 cm³/mol. The van der Waals surface area contributed by atoms with Crippen LogP contribution < -0.4 is 5.32 Å². The summed E-state index contributed by atoms with van der Waals surface area (Å²) in [5.74, 6) is 0.947. The van der Waals surface area contributed by atoms with Gasteiger partial charge in [-0.25, -0.2) is 15.0 Å². The molecule has 0 unspecified atom stereocenters. The van der Waals surface area contributed by atoms with E-state index >= 15 is 0 Å². The number of rotatable bonds is 5. The highest BCUT2D eigenvalue weighted by molar-refractivity contribution is 6.35. The van der Waals surface area contributed by atoms with Crippen molar-refractivity contribution in [1.82, 2.24) is 24.8 Å². The summed E-state index contributed by atoms with van der Waals surface area (Å²) < 4.78 is 1.88. The number of benzene rings is 1. The van der Waals surface area contributed by atoms with Crippen molar-refractivity contribution in [2.75, 3.05) is 6.54 Å². The Morgan fingerprint density at radius 3 is 2.46 bits per heavy atom. The van der Waals surface area contributed by atoms with Crippen LogP contribution in [0.15, 0.2) is 49.1 Å². The average Bonchev–Trinajstić information content (AvgIpc) is 3.03. The Hall–Kier alpha value is -2.44. The second kappa shape index (κ2) is 7.42. The number of nitrogens with zero attached hydrogens (tertiary/aromatic N) is 4. The van der Waals surface area contributed by atoms with Crippen LogP contribution in [-0.2, 0) is 6.54 Å². The number of carbonyl (C=O) groups is 1. The van der Waals surface area contributed by atoms with Crippen LogP contribution in [0, 0.1) is 0 Å². The summed E-state index contributed by atoms with van der Waals surface area (Å²) in [7, 11) is 0. The van der Waals surface area contributed by atoms with E-state index in [1.807, 2.05) is 10.8 Å². The Morgan fingerprint density at radius 2 is 1.75 bits per heavy atom. The summed E-state index contributed by atoms with van der Waals surface area (Å²) in [6.45, 7) is 0.951. The summed E-state index contributed by atoms with van der Waals surface area (Å²) in [6.07, 6.45) is 6.80. The molecule has 0 saturated heterocycles. The van der Waals surface area contributed by atoms with E-state index in [2.05, 4.69) is 20.3 Å². The zero-order valence-electron chi connectivity index (χ0n) is 12.5. The molecule has 122 valence electrons. The van der Waals surface area contributed by atoms with Crippen LogP contribution in [0.4, 0.5) is 0 Å². The second-order valence-corrected chi connectivity index (χ2v) is 5.80. The fourth-order valence-electron chi connectivity index (χ4n) is 2.19. The summed E-state index contributed by atoms with van der Waals surface area (Å²) >= 11 is 11.8. The van der Waals surface area contributed by atoms with E-state index in [9.17, 15) is 4.79 Å². The van der Waals surface area contributed by atoms with E-state index in [0.29, 0.717) is 40.3 Å². The molecule has 1 aromatic carbocycles. The van der Waals surface area contributed by atoms with Gasteiger partial charge in [0.25, 0.3) is 5.91 Å². The van der Waals surface area contributed by atoms with Crippen LogP contribution in [0.5, 0.6) is 0 Å². The lowest BCUT2D eigenvalue weighted by Crippen LogP contribution is -2.27. The lowest BCUT2D eigenvalue weighted by Gasteiger charge is -2.09. The van der Waals surface area contributed by atoms with Gasteiger partial charge in [0, 0.05) is 53.5 Å². The monoisotopic (exact) mass is 361 g/mol. The maximum atomic E-state index is 12.2. The van der Waals surface area contributed by atoms with Gasteiger partial charge in [-0.1, -0.05) is 23.2 Å². The van der Waals surface area contributed by atoms with Crippen LogP contribution in [0.3, 0.4) is 0 Å². The fourth-order valence-corrected chi connectivity index (χ4v) is 2.71. The Bertz CT molecular complexity index is 830. The molecule has 0 spiro atoms. The highest BCUT2D eigenvalue weighted by Crippen LogP contribution is 2.19. The number of nitrogens with one attached hydrogen (secondary N) is 1. The van der Waals surface area contributed by atoms with Crippen LogP contribution in [-0.4, -0.2) is 32.0 Å². The van der Waals surface area contributed by atoms with E-state index in [1.54, 1.807) is 42.9 Å². The van der Waals surface area contributed by atoms with Crippen molar-refractivity contribution in [2.24, 2.45) is 0 Å². The predicted octanol–water partition coefficient (Wildman–Crippen LogP) is 3.08. The van der Waals surface area contributed by atoms with Crippen molar-refractivity contribution >= 4 is 29.1 Å². The van der Waals surface area contributed by atoms with E-state index in [0.717, 1.165) is 0 Å². The minimum atomic E-state index is -0.239. The van der Waals surface area contributed by atoms with Gasteiger partial charge in [0.1, 0.15) is 0 Å². The number of halogens is 2. The smallest absolute Gasteiger partial charge is 0.251 e. The number of hydrogen-bond donors (Lipinski definition) is 1. The van der Waals surface area contributed by atoms with Gasteiger partial charge < -0.3 is 9.88 Å². The maximum absolute atomic E-state index is 12.2. The normalized spacial score (nSPS) is 10.6. The molecule has 0 aliphatic heterocycles. The molecule has 0 aliphatic carbocycles. The Morgan fingerprint density at radius 1 is 1.04 bits per heavy atom. The zero-order valence-corrected chi connectivity index (χ0v) is 14.0. The van der Waals surface area contributed by atoms with Gasteiger partial charge in [0.15, 0.2) is 11.6 Å². The number of imidazole rings is 1. The van der Waals surface area contributed by atoms with Gasteiger partial charge >= 0.3 is 0 Å². The SMILES string of the molecule is O=C(NCCn1ccnc1-c1ncccn1)c1cc(Cl)cc(Cl)c1. The first-order chi connectivity index (χ1) is 11.6. The van der Waals surface area contributed by atoms with Crippen molar-refractivity contribution in [2.45, 2.75) is 6.54 Å². The van der Waals surface area contributed by atoms with Gasteiger partial charge in [-0.2, -0.15) is 0 Å². The Labute approximate surface area is 148 Å². The molecule has 0 bridgehead atoms. The van der Waals surface area contributed by atoms with E-state index < -0.39 is 0 Å². The summed E-state index contributed by atoms with van der Waals surface area (Å²) in [5, 5.41) is 3.67. The molecule has 6 nitrogen and oxygen atoms in total. The first-order valence-corrected chi connectivity index (χ1v) is 7.92. The summed E-state index contributed by atoms with van der Waals surface area (Å²) in [6, 6.07) is 6.47. The molecule has 24 heavy (non-hydrogen) atoms. The van der Waals surface area contributed by atoms with Gasteiger partial charge in [-0.15, -0.1) is 0 Å². The van der Waals surface area contributed by atoms with Gasteiger partial charge in [-0.05, 0) is 24.3 Å². The van der Waals surface area contributed by atoms with Crippen molar-refractivity contribution in [3.05, 3.63) is 64.7 Å². The van der Waals surface area contributed by atoms with Crippen molar-refractivity contribution in [3.63, 3.8) is 0 Å². The minimum absolute atomic E-state index is 0.239. The van der Waals surface area contributed by atoms with Crippen LogP contribution in [0.2, 0.25) is 10.0 Å². The highest BCUT2D eigenvalue weighted by Gasteiger charge is 2.10. The standard InChI is InChI=1S/C16H13Cl2N5O/c17-12-8-11(9-13(18)10-12)16(24)22-5-7-23-6-4-21-15(23)14-19-2-1-3-20-14/h1-4,6,8-10H,5,7H2,(H,22,24).